The van der Waals surface area contributed by atoms with Crippen LogP contribution in [0.5, 0.6) is 0 Å². The Morgan fingerprint density at radius 3 is 2.56 bits per heavy atom. The van der Waals surface area contributed by atoms with Crippen LogP contribution < -0.4 is 5.32 Å². The first kappa shape index (κ1) is 22.7. The van der Waals surface area contributed by atoms with Gasteiger partial charge in [0.25, 0.3) is 0 Å². The number of aliphatic imine (C=N–C) groups is 1. The summed E-state index contributed by atoms with van der Waals surface area (Å²) in [4.78, 5) is 9.35. The minimum atomic E-state index is 0. The second kappa shape index (κ2) is 10.3. The van der Waals surface area contributed by atoms with Crippen molar-refractivity contribution >= 4 is 41.5 Å². The quantitative estimate of drug-likeness (QED) is 0.385. The van der Waals surface area contributed by atoms with Crippen molar-refractivity contribution in [2.24, 2.45) is 10.4 Å². The molecule has 2 fully saturated rings. The van der Waals surface area contributed by atoms with Gasteiger partial charge in [0.2, 0.25) is 0 Å². The maximum Gasteiger partial charge on any atom is 0.193 e. The minimum absolute atomic E-state index is 0. The first-order chi connectivity index (χ1) is 12.5. The number of guanidine groups is 1. The lowest BCUT2D eigenvalue weighted by Gasteiger charge is -2.36. The molecule has 2 saturated heterocycles. The Kier molecular flexibility index (Phi) is 8.65. The van der Waals surface area contributed by atoms with Crippen LogP contribution in [0.4, 0.5) is 0 Å². The molecule has 0 spiro atoms. The van der Waals surface area contributed by atoms with Gasteiger partial charge >= 0.3 is 0 Å². The summed E-state index contributed by atoms with van der Waals surface area (Å²) in [5, 5.41) is 4.43. The normalized spacial score (nSPS) is 21.6. The standard InChI is InChI=1S/C20H31ClN4O.HI/c1-20(2)8-9-25(15-20)19(22-3)23-14-18(24-10-12-26-13-11-24)16-6-4-5-7-17(16)21;/h4-7,18H,8-15H2,1-3H3,(H,22,23);1H. The highest BCUT2D eigenvalue weighted by atomic mass is 127. The Balaban J connectivity index is 0.00000261. The van der Waals surface area contributed by atoms with Crippen LogP contribution >= 0.6 is 35.6 Å². The lowest BCUT2D eigenvalue weighted by atomic mass is 9.93. The largest absolute Gasteiger partial charge is 0.379 e. The minimum Gasteiger partial charge on any atom is -0.379 e. The Morgan fingerprint density at radius 2 is 1.96 bits per heavy atom. The van der Waals surface area contributed by atoms with Crippen LogP contribution in [0.15, 0.2) is 29.3 Å². The molecule has 1 aromatic carbocycles. The van der Waals surface area contributed by atoms with E-state index in [0.29, 0.717) is 5.41 Å². The first-order valence-electron chi connectivity index (χ1n) is 9.52. The lowest BCUT2D eigenvalue weighted by molar-refractivity contribution is 0.0169. The second-order valence-electron chi connectivity index (χ2n) is 7.95. The zero-order valence-electron chi connectivity index (χ0n) is 16.6. The lowest BCUT2D eigenvalue weighted by Crippen LogP contribution is -2.47. The van der Waals surface area contributed by atoms with Crippen molar-refractivity contribution in [3.8, 4) is 0 Å². The number of benzene rings is 1. The molecule has 0 radical (unpaired) electrons. The maximum absolute atomic E-state index is 6.53. The van der Waals surface area contributed by atoms with Gasteiger partial charge < -0.3 is 15.0 Å². The van der Waals surface area contributed by atoms with E-state index in [2.05, 4.69) is 46.1 Å². The smallest absolute Gasteiger partial charge is 0.193 e. The summed E-state index contributed by atoms with van der Waals surface area (Å²) in [5.74, 6) is 0.987. The fraction of sp³-hybridized carbons (Fsp3) is 0.650. The number of halogens is 2. The molecule has 1 unspecified atom stereocenters. The van der Waals surface area contributed by atoms with Crippen LogP contribution in [-0.4, -0.2) is 68.7 Å². The van der Waals surface area contributed by atoms with E-state index < -0.39 is 0 Å². The Bertz CT molecular complexity index is 634. The Morgan fingerprint density at radius 1 is 1.26 bits per heavy atom. The van der Waals surface area contributed by atoms with E-state index in [4.69, 9.17) is 16.3 Å². The number of nitrogens with one attached hydrogen (secondary N) is 1. The van der Waals surface area contributed by atoms with Gasteiger partial charge in [0.1, 0.15) is 0 Å². The third-order valence-corrected chi connectivity index (χ3v) is 5.74. The number of rotatable bonds is 4. The van der Waals surface area contributed by atoms with Crippen molar-refractivity contribution in [3.05, 3.63) is 34.9 Å². The van der Waals surface area contributed by atoms with E-state index >= 15 is 0 Å². The van der Waals surface area contributed by atoms with Crippen molar-refractivity contribution in [3.63, 3.8) is 0 Å². The molecule has 27 heavy (non-hydrogen) atoms. The van der Waals surface area contributed by atoms with Crippen LogP contribution in [0.3, 0.4) is 0 Å². The molecule has 0 aliphatic carbocycles. The van der Waals surface area contributed by atoms with Gasteiger partial charge in [0.15, 0.2) is 5.96 Å². The van der Waals surface area contributed by atoms with E-state index in [-0.39, 0.29) is 30.0 Å². The molecule has 2 aliphatic heterocycles. The predicted octanol–water partition coefficient (Wildman–Crippen LogP) is 3.64. The van der Waals surface area contributed by atoms with Crippen molar-refractivity contribution in [2.45, 2.75) is 26.3 Å². The predicted molar refractivity (Wildman–Crippen MR) is 123 cm³/mol. The summed E-state index contributed by atoms with van der Waals surface area (Å²) in [7, 11) is 1.87. The monoisotopic (exact) mass is 506 g/mol. The van der Waals surface area contributed by atoms with E-state index in [1.165, 1.54) is 12.0 Å². The van der Waals surface area contributed by atoms with E-state index in [0.717, 1.165) is 56.9 Å². The Labute approximate surface area is 185 Å². The molecule has 1 N–H and O–H groups in total. The summed E-state index contributed by atoms with van der Waals surface area (Å²) < 4.78 is 5.54. The van der Waals surface area contributed by atoms with Gasteiger partial charge in [-0.1, -0.05) is 43.6 Å². The molecular formula is C20H32ClIN4O. The van der Waals surface area contributed by atoms with Gasteiger partial charge in [-0.05, 0) is 23.5 Å². The van der Waals surface area contributed by atoms with Crippen molar-refractivity contribution in [2.75, 3.05) is 53.0 Å². The fourth-order valence-electron chi connectivity index (χ4n) is 3.88. The SMILES string of the molecule is CN=C(NCC(c1ccccc1Cl)N1CCOCC1)N1CCC(C)(C)C1.I. The number of hydrogen-bond acceptors (Lipinski definition) is 3. The zero-order valence-corrected chi connectivity index (χ0v) is 19.7. The zero-order chi connectivity index (χ0) is 18.6. The molecule has 7 heteroatoms. The van der Waals surface area contributed by atoms with E-state index in [1.54, 1.807) is 0 Å². The summed E-state index contributed by atoms with van der Waals surface area (Å²) in [5.41, 5.74) is 1.52. The number of nitrogens with zero attached hydrogens (tertiary/aromatic N) is 3. The molecule has 0 saturated carbocycles. The topological polar surface area (TPSA) is 40.1 Å². The van der Waals surface area contributed by atoms with Crippen LogP contribution in [0.1, 0.15) is 31.9 Å². The number of likely N-dealkylation sites (tertiary alicyclic amines) is 1. The number of ether oxygens (including phenoxy) is 1. The van der Waals surface area contributed by atoms with E-state index in [9.17, 15) is 0 Å². The fourth-order valence-corrected chi connectivity index (χ4v) is 4.15. The van der Waals surface area contributed by atoms with Gasteiger partial charge in [-0.3, -0.25) is 9.89 Å². The highest BCUT2D eigenvalue weighted by molar-refractivity contribution is 14.0. The van der Waals surface area contributed by atoms with Gasteiger partial charge in [-0.15, -0.1) is 24.0 Å². The molecule has 2 aliphatic rings. The molecule has 1 aromatic rings. The number of hydrogen-bond donors (Lipinski definition) is 1. The average Bonchev–Trinajstić information content (AvgIpc) is 3.00. The average molecular weight is 507 g/mol. The highest BCUT2D eigenvalue weighted by Gasteiger charge is 2.31. The van der Waals surface area contributed by atoms with Crippen LogP contribution in [0, 0.1) is 5.41 Å². The third kappa shape index (κ3) is 5.95. The summed E-state index contributed by atoms with van der Waals surface area (Å²) in [6, 6.07) is 8.36. The molecular weight excluding hydrogens is 475 g/mol. The molecule has 1 atom stereocenters. The third-order valence-electron chi connectivity index (χ3n) is 5.39. The molecule has 152 valence electrons. The van der Waals surface area contributed by atoms with Gasteiger partial charge in [-0.2, -0.15) is 0 Å². The van der Waals surface area contributed by atoms with Crippen LogP contribution in [0.2, 0.25) is 5.02 Å². The van der Waals surface area contributed by atoms with Crippen molar-refractivity contribution in [1.82, 2.24) is 15.1 Å². The summed E-state index contributed by atoms with van der Waals surface area (Å²) >= 11 is 6.53. The van der Waals surface area contributed by atoms with Gasteiger partial charge in [0, 0.05) is 44.8 Å². The number of morpholine rings is 1. The Hall–Kier alpha value is -0.570. The maximum atomic E-state index is 6.53. The van der Waals surface area contributed by atoms with Crippen LogP contribution in [-0.2, 0) is 4.74 Å². The van der Waals surface area contributed by atoms with Gasteiger partial charge in [0.05, 0.1) is 19.3 Å². The molecule has 3 rings (SSSR count). The molecule has 2 heterocycles. The summed E-state index contributed by atoms with van der Waals surface area (Å²) in [6.45, 7) is 10.9. The highest BCUT2D eigenvalue weighted by Crippen LogP contribution is 2.30. The molecule has 0 bridgehead atoms. The van der Waals surface area contributed by atoms with Gasteiger partial charge in [-0.25, -0.2) is 0 Å². The molecule has 0 aromatic heterocycles. The van der Waals surface area contributed by atoms with Crippen LogP contribution in [0.25, 0.3) is 0 Å². The second-order valence-corrected chi connectivity index (χ2v) is 8.36. The molecule has 5 nitrogen and oxygen atoms in total. The summed E-state index contributed by atoms with van der Waals surface area (Å²) in [6.07, 6.45) is 1.20. The van der Waals surface area contributed by atoms with Crippen molar-refractivity contribution in [1.29, 1.82) is 0 Å². The van der Waals surface area contributed by atoms with Crippen molar-refractivity contribution < 1.29 is 4.74 Å². The first-order valence-corrected chi connectivity index (χ1v) is 9.90. The molecule has 0 amide bonds. The van der Waals surface area contributed by atoms with E-state index in [1.807, 2.05) is 19.2 Å².